The molecule has 1 atom stereocenters. The Labute approximate surface area is 100 Å². The quantitative estimate of drug-likeness (QED) is 0.768. The van der Waals surface area contributed by atoms with E-state index >= 15 is 0 Å². The molecule has 1 aliphatic rings. The van der Waals surface area contributed by atoms with Crippen molar-refractivity contribution in [1.82, 2.24) is 10.6 Å². The van der Waals surface area contributed by atoms with Crippen LogP contribution in [0.15, 0.2) is 30.3 Å². The molecular formula is C12H14N2OS. The van der Waals surface area contributed by atoms with E-state index in [1.807, 2.05) is 30.3 Å². The second kappa shape index (κ2) is 5.18. The third kappa shape index (κ3) is 2.87. The van der Waals surface area contributed by atoms with Crippen LogP contribution >= 0.6 is 12.2 Å². The van der Waals surface area contributed by atoms with Gasteiger partial charge in [-0.25, -0.2) is 0 Å². The fraction of sp³-hybridized carbons (Fsp3) is 0.333. The molecule has 3 nitrogen and oxygen atoms in total. The van der Waals surface area contributed by atoms with Crippen molar-refractivity contribution in [2.24, 2.45) is 0 Å². The Hall–Kier alpha value is -1.26. The standard InChI is InChI=1S/C12H14N2OS/c15-12(11-6-10(16)8-13-11)14-7-9-4-2-1-3-5-9/h1-5,11,13H,6-8H2,(H,14,15). The maximum atomic E-state index is 11.7. The highest BCUT2D eigenvalue weighted by molar-refractivity contribution is 7.80. The van der Waals surface area contributed by atoms with Crippen molar-refractivity contribution in [2.45, 2.75) is 19.0 Å². The second-order valence-electron chi connectivity index (χ2n) is 3.88. The molecule has 1 aromatic carbocycles. The lowest BCUT2D eigenvalue weighted by Crippen LogP contribution is -2.39. The highest BCUT2D eigenvalue weighted by Crippen LogP contribution is 2.04. The molecule has 16 heavy (non-hydrogen) atoms. The molecule has 0 bridgehead atoms. The van der Waals surface area contributed by atoms with E-state index in [0.29, 0.717) is 19.5 Å². The van der Waals surface area contributed by atoms with Crippen LogP contribution in [0.2, 0.25) is 0 Å². The smallest absolute Gasteiger partial charge is 0.237 e. The topological polar surface area (TPSA) is 41.1 Å². The number of carbonyl (C=O) groups excluding carboxylic acids is 1. The van der Waals surface area contributed by atoms with Crippen LogP contribution in [0.4, 0.5) is 0 Å². The average molecular weight is 234 g/mol. The number of hydrogen-bond donors (Lipinski definition) is 2. The zero-order valence-electron chi connectivity index (χ0n) is 8.90. The van der Waals surface area contributed by atoms with Gasteiger partial charge >= 0.3 is 0 Å². The van der Waals surface area contributed by atoms with Gasteiger partial charge in [0.15, 0.2) is 0 Å². The van der Waals surface area contributed by atoms with E-state index < -0.39 is 0 Å². The molecule has 1 amide bonds. The van der Waals surface area contributed by atoms with Gasteiger partial charge in [0, 0.05) is 24.4 Å². The molecule has 1 aliphatic heterocycles. The van der Waals surface area contributed by atoms with Crippen LogP contribution in [0, 0.1) is 0 Å². The van der Waals surface area contributed by atoms with E-state index in [2.05, 4.69) is 10.6 Å². The number of amides is 1. The zero-order valence-corrected chi connectivity index (χ0v) is 9.72. The number of nitrogens with one attached hydrogen (secondary N) is 2. The van der Waals surface area contributed by atoms with Crippen molar-refractivity contribution in [3.05, 3.63) is 35.9 Å². The van der Waals surface area contributed by atoms with E-state index in [1.54, 1.807) is 0 Å². The third-order valence-corrected chi connectivity index (χ3v) is 2.91. The van der Waals surface area contributed by atoms with Gasteiger partial charge in [-0.1, -0.05) is 42.5 Å². The maximum absolute atomic E-state index is 11.7. The minimum atomic E-state index is -0.142. The normalized spacial score (nSPS) is 19.8. The molecular weight excluding hydrogens is 220 g/mol. The van der Waals surface area contributed by atoms with Gasteiger partial charge in [0.1, 0.15) is 0 Å². The molecule has 4 heteroatoms. The van der Waals surface area contributed by atoms with Gasteiger partial charge in [-0.15, -0.1) is 0 Å². The molecule has 0 aromatic heterocycles. The van der Waals surface area contributed by atoms with Gasteiger partial charge in [-0.05, 0) is 5.56 Å². The molecule has 0 radical (unpaired) electrons. The SMILES string of the molecule is O=C(NCc1ccccc1)C1CC(=S)CN1. The van der Waals surface area contributed by atoms with Crippen molar-refractivity contribution in [3.8, 4) is 0 Å². The monoisotopic (exact) mass is 234 g/mol. The Morgan fingerprint density at radius 3 is 2.81 bits per heavy atom. The minimum Gasteiger partial charge on any atom is -0.351 e. The van der Waals surface area contributed by atoms with Crippen LogP contribution in [-0.4, -0.2) is 23.4 Å². The summed E-state index contributed by atoms with van der Waals surface area (Å²) in [6.45, 7) is 1.25. The van der Waals surface area contributed by atoms with E-state index in [-0.39, 0.29) is 11.9 Å². The van der Waals surface area contributed by atoms with Crippen molar-refractivity contribution in [3.63, 3.8) is 0 Å². The summed E-state index contributed by atoms with van der Waals surface area (Å²) in [4.78, 5) is 12.7. The number of hydrogen-bond acceptors (Lipinski definition) is 3. The van der Waals surface area contributed by atoms with Gasteiger partial charge in [0.05, 0.1) is 6.04 Å². The fourth-order valence-electron chi connectivity index (χ4n) is 1.70. The second-order valence-corrected chi connectivity index (χ2v) is 4.46. The third-order valence-electron chi connectivity index (χ3n) is 2.60. The molecule has 2 rings (SSSR count). The van der Waals surface area contributed by atoms with Crippen LogP contribution < -0.4 is 10.6 Å². The van der Waals surface area contributed by atoms with Crippen LogP contribution in [0.5, 0.6) is 0 Å². The molecule has 0 aliphatic carbocycles. The molecule has 1 fully saturated rings. The lowest BCUT2D eigenvalue weighted by Gasteiger charge is -2.10. The first-order chi connectivity index (χ1) is 7.75. The Morgan fingerprint density at radius 2 is 2.19 bits per heavy atom. The molecule has 1 saturated heterocycles. The van der Waals surface area contributed by atoms with E-state index in [1.165, 1.54) is 0 Å². The maximum Gasteiger partial charge on any atom is 0.237 e. The zero-order chi connectivity index (χ0) is 11.4. The Morgan fingerprint density at radius 1 is 1.44 bits per heavy atom. The van der Waals surface area contributed by atoms with Gasteiger partial charge in [-0.3, -0.25) is 4.79 Å². The van der Waals surface area contributed by atoms with Crippen molar-refractivity contribution in [2.75, 3.05) is 6.54 Å². The Balaban J connectivity index is 1.82. The van der Waals surface area contributed by atoms with Gasteiger partial charge in [0.2, 0.25) is 5.91 Å². The molecule has 0 saturated carbocycles. The summed E-state index contributed by atoms with van der Waals surface area (Å²) in [7, 11) is 0. The summed E-state index contributed by atoms with van der Waals surface area (Å²) in [5.41, 5.74) is 1.11. The lowest BCUT2D eigenvalue weighted by atomic mass is 10.2. The Bertz CT molecular complexity index is 391. The van der Waals surface area contributed by atoms with Gasteiger partial charge < -0.3 is 10.6 Å². The predicted octanol–water partition coefficient (Wildman–Crippen LogP) is 1.03. The van der Waals surface area contributed by atoms with Gasteiger partial charge in [0.25, 0.3) is 0 Å². The predicted molar refractivity (Wildman–Crippen MR) is 67.3 cm³/mol. The molecule has 1 aromatic rings. The van der Waals surface area contributed by atoms with E-state index in [9.17, 15) is 4.79 Å². The first-order valence-corrected chi connectivity index (χ1v) is 5.73. The van der Waals surface area contributed by atoms with Crippen LogP contribution in [-0.2, 0) is 11.3 Å². The number of carbonyl (C=O) groups is 1. The first-order valence-electron chi connectivity index (χ1n) is 5.32. The van der Waals surface area contributed by atoms with Crippen molar-refractivity contribution in [1.29, 1.82) is 0 Å². The van der Waals surface area contributed by atoms with E-state index in [4.69, 9.17) is 12.2 Å². The van der Waals surface area contributed by atoms with E-state index in [0.717, 1.165) is 10.4 Å². The number of thiocarbonyl (C=S) groups is 1. The molecule has 2 N–H and O–H groups in total. The summed E-state index contributed by atoms with van der Waals surface area (Å²) >= 11 is 5.05. The summed E-state index contributed by atoms with van der Waals surface area (Å²) in [5, 5.41) is 5.99. The molecule has 1 heterocycles. The van der Waals surface area contributed by atoms with Crippen molar-refractivity contribution >= 4 is 23.0 Å². The largest absolute Gasteiger partial charge is 0.351 e. The fourth-order valence-corrected chi connectivity index (χ4v) is 1.95. The summed E-state index contributed by atoms with van der Waals surface area (Å²) < 4.78 is 0. The lowest BCUT2D eigenvalue weighted by molar-refractivity contribution is -0.122. The van der Waals surface area contributed by atoms with Crippen molar-refractivity contribution < 1.29 is 4.79 Å². The number of rotatable bonds is 3. The van der Waals surface area contributed by atoms with Crippen LogP contribution in [0.1, 0.15) is 12.0 Å². The highest BCUT2D eigenvalue weighted by Gasteiger charge is 2.24. The van der Waals surface area contributed by atoms with Crippen LogP contribution in [0.3, 0.4) is 0 Å². The minimum absolute atomic E-state index is 0.0312. The molecule has 1 unspecified atom stereocenters. The average Bonchev–Trinajstić information content (AvgIpc) is 2.74. The van der Waals surface area contributed by atoms with Crippen LogP contribution in [0.25, 0.3) is 0 Å². The summed E-state index contributed by atoms with van der Waals surface area (Å²) in [5.74, 6) is 0.0312. The summed E-state index contributed by atoms with van der Waals surface area (Å²) in [6.07, 6.45) is 0.677. The summed E-state index contributed by atoms with van der Waals surface area (Å²) in [6, 6.07) is 9.73. The number of benzene rings is 1. The Kier molecular flexibility index (Phi) is 3.64. The first kappa shape index (κ1) is 11.2. The molecule has 0 spiro atoms. The highest BCUT2D eigenvalue weighted by atomic mass is 32.1. The van der Waals surface area contributed by atoms with Gasteiger partial charge in [-0.2, -0.15) is 0 Å². The molecule has 84 valence electrons.